The number of aromatic nitrogens is 2. The van der Waals surface area contributed by atoms with Crippen LogP contribution in [-0.2, 0) is 13.5 Å². The molecule has 0 saturated carbocycles. The van der Waals surface area contributed by atoms with Crippen LogP contribution in [0.4, 0.5) is 0 Å². The van der Waals surface area contributed by atoms with E-state index in [0.29, 0.717) is 17.3 Å². The number of benzene rings is 1. The van der Waals surface area contributed by atoms with Crippen LogP contribution in [0.25, 0.3) is 0 Å². The maximum absolute atomic E-state index is 12.9. The molecule has 0 radical (unpaired) electrons. The van der Waals surface area contributed by atoms with Crippen molar-refractivity contribution in [1.82, 2.24) is 14.7 Å². The molecule has 26 heavy (non-hydrogen) atoms. The van der Waals surface area contributed by atoms with Crippen LogP contribution in [0.3, 0.4) is 0 Å². The zero-order valence-corrected chi connectivity index (χ0v) is 15.8. The SMILES string of the molecule is Cn1cc(Cl)c(C(=O)N2CCCC(C)(Cc3ccc4c(c3)OCO4)C2)n1. The molecule has 7 heteroatoms. The van der Waals surface area contributed by atoms with E-state index >= 15 is 0 Å². The monoisotopic (exact) mass is 375 g/mol. The van der Waals surface area contributed by atoms with Crippen molar-refractivity contribution in [2.75, 3.05) is 19.9 Å². The Bertz CT molecular complexity index is 851. The molecule has 1 aromatic heterocycles. The predicted octanol–water partition coefficient (Wildman–Crippen LogP) is 3.29. The molecule has 2 aliphatic rings. The van der Waals surface area contributed by atoms with Crippen LogP contribution in [-0.4, -0.2) is 40.5 Å². The first kappa shape index (κ1) is 17.2. The number of hydrogen-bond acceptors (Lipinski definition) is 4. The Hall–Kier alpha value is -2.21. The van der Waals surface area contributed by atoms with Gasteiger partial charge in [-0.3, -0.25) is 9.48 Å². The molecule has 1 aromatic carbocycles. The third-order valence-electron chi connectivity index (χ3n) is 5.12. The molecule has 1 saturated heterocycles. The van der Waals surface area contributed by atoms with Gasteiger partial charge in [0.2, 0.25) is 6.79 Å². The summed E-state index contributed by atoms with van der Waals surface area (Å²) in [4.78, 5) is 14.7. The van der Waals surface area contributed by atoms with E-state index in [4.69, 9.17) is 21.1 Å². The number of fused-ring (bicyclic) bond motifs is 1. The first-order valence-electron chi connectivity index (χ1n) is 8.80. The van der Waals surface area contributed by atoms with Gasteiger partial charge in [-0.1, -0.05) is 24.6 Å². The van der Waals surface area contributed by atoms with Gasteiger partial charge in [-0.2, -0.15) is 5.10 Å². The van der Waals surface area contributed by atoms with E-state index in [1.54, 1.807) is 17.9 Å². The molecule has 1 amide bonds. The number of piperidine rings is 1. The highest BCUT2D eigenvalue weighted by atomic mass is 35.5. The lowest BCUT2D eigenvalue weighted by molar-refractivity contribution is 0.0544. The van der Waals surface area contributed by atoms with Gasteiger partial charge in [0, 0.05) is 26.3 Å². The number of carbonyl (C=O) groups excluding carboxylic acids is 1. The lowest BCUT2D eigenvalue weighted by atomic mass is 9.77. The summed E-state index contributed by atoms with van der Waals surface area (Å²) in [6.45, 7) is 3.94. The van der Waals surface area contributed by atoms with E-state index in [0.717, 1.165) is 37.3 Å². The minimum Gasteiger partial charge on any atom is -0.454 e. The van der Waals surface area contributed by atoms with Crippen molar-refractivity contribution in [2.24, 2.45) is 12.5 Å². The minimum absolute atomic E-state index is 0.00284. The Morgan fingerprint density at radius 3 is 2.92 bits per heavy atom. The number of rotatable bonds is 3. The number of nitrogens with zero attached hydrogens (tertiary/aromatic N) is 3. The largest absolute Gasteiger partial charge is 0.454 e. The first-order chi connectivity index (χ1) is 12.4. The van der Waals surface area contributed by atoms with Gasteiger partial charge in [0.15, 0.2) is 17.2 Å². The summed E-state index contributed by atoms with van der Waals surface area (Å²) in [5.74, 6) is 1.51. The van der Waals surface area contributed by atoms with Crippen molar-refractivity contribution >= 4 is 17.5 Å². The summed E-state index contributed by atoms with van der Waals surface area (Å²) in [6.07, 6.45) is 4.58. The maximum atomic E-state index is 12.9. The van der Waals surface area contributed by atoms with Crippen LogP contribution >= 0.6 is 11.6 Å². The maximum Gasteiger partial charge on any atom is 0.275 e. The van der Waals surface area contributed by atoms with Crippen LogP contribution in [0.2, 0.25) is 5.02 Å². The molecule has 1 unspecified atom stereocenters. The molecule has 0 spiro atoms. The standard InChI is InChI=1S/C19H22ClN3O3/c1-19(9-13-4-5-15-16(8-13)26-12-25-15)6-3-7-23(11-19)18(24)17-14(20)10-22(2)21-17/h4-5,8,10H,3,6-7,9,11-12H2,1-2H3. The smallest absolute Gasteiger partial charge is 0.275 e. The number of halogens is 1. The average Bonchev–Trinajstić information content (AvgIpc) is 3.19. The third kappa shape index (κ3) is 3.26. The molecule has 2 aliphatic heterocycles. The summed E-state index contributed by atoms with van der Waals surface area (Å²) in [5, 5.41) is 4.62. The van der Waals surface area contributed by atoms with E-state index in [-0.39, 0.29) is 18.1 Å². The number of aryl methyl sites for hydroxylation is 1. The topological polar surface area (TPSA) is 56.6 Å². The zero-order chi connectivity index (χ0) is 18.3. The van der Waals surface area contributed by atoms with Crippen molar-refractivity contribution < 1.29 is 14.3 Å². The van der Waals surface area contributed by atoms with Gasteiger partial charge >= 0.3 is 0 Å². The predicted molar refractivity (Wildman–Crippen MR) is 97.7 cm³/mol. The molecule has 0 bridgehead atoms. The Morgan fingerprint density at radius 1 is 1.35 bits per heavy atom. The quantitative estimate of drug-likeness (QED) is 0.826. The van der Waals surface area contributed by atoms with Gasteiger partial charge < -0.3 is 14.4 Å². The fourth-order valence-electron chi connectivity index (χ4n) is 3.93. The van der Waals surface area contributed by atoms with Gasteiger partial charge in [0.05, 0.1) is 5.02 Å². The van der Waals surface area contributed by atoms with Crippen LogP contribution < -0.4 is 9.47 Å². The van der Waals surface area contributed by atoms with Gasteiger partial charge in [-0.25, -0.2) is 0 Å². The highest BCUT2D eigenvalue weighted by molar-refractivity contribution is 6.33. The summed E-state index contributed by atoms with van der Waals surface area (Å²) < 4.78 is 12.4. The highest BCUT2D eigenvalue weighted by Crippen LogP contribution is 2.38. The fourth-order valence-corrected chi connectivity index (χ4v) is 4.19. The number of carbonyl (C=O) groups is 1. The second-order valence-electron chi connectivity index (χ2n) is 7.50. The number of amides is 1. The van der Waals surface area contributed by atoms with E-state index in [1.807, 2.05) is 17.0 Å². The van der Waals surface area contributed by atoms with Crippen molar-refractivity contribution in [3.8, 4) is 11.5 Å². The minimum atomic E-state index is -0.0905. The van der Waals surface area contributed by atoms with E-state index < -0.39 is 0 Å². The van der Waals surface area contributed by atoms with E-state index in [1.165, 1.54) is 5.56 Å². The molecule has 3 heterocycles. The second kappa shape index (κ2) is 6.50. The molecular weight excluding hydrogens is 354 g/mol. The van der Waals surface area contributed by atoms with E-state index in [9.17, 15) is 4.79 Å². The average molecular weight is 376 g/mol. The highest BCUT2D eigenvalue weighted by Gasteiger charge is 2.35. The lowest BCUT2D eigenvalue weighted by Crippen LogP contribution is -2.46. The summed E-state index contributed by atoms with van der Waals surface area (Å²) >= 11 is 6.16. The Kier molecular flexibility index (Phi) is 4.31. The Labute approximate surface area is 157 Å². The van der Waals surface area contributed by atoms with Crippen LogP contribution in [0.5, 0.6) is 11.5 Å². The van der Waals surface area contributed by atoms with E-state index in [2.05, 4.69) is 18.1 Å². The molecule has 4 rings (SSSR count). The molecule has 0 N–H and O–H groups in total. The molecule has 1 atom stereocenters. The molecule has 6 nitrogen and oxygen atoms in total. The van der Waals surface area contributed by atoms with Crippen LogP contribution in [0.1, 0.15) is 35.8 Å². The molecule has 2 aromatic rings. The van der Waals surface area contributed by atoms with Gasteiger partial charge in [0.25, 0.3) is 5.91 Å². The Morgan fingerprint density at radius 2 is 2.15 bits per heavy atom. The van der Waals surface area contributed by atoms with Crippen LogP contribution in [0, 0.1) is 5.41 Å². The van der Waals surface area contributed by atoms with Crippen molar-refractivity contribution in [1.29, 1.82) is 0 Å². The molecule has 1 fully saturated rings. The number of hydrogen-bond donors (Lipinski definition) is 0. The normalized spacial score (nSPS) is 21.9. The van der Waals surface area contributed by atoms with Crippen molar-refractivity contribution in [2.45, 2.75) is 26.2 Å². The van der Waals surface area contributed by atoms with Crippen LogP contribution in [0.15, 0.2) is 24.4 Å². The fraction of sp³-hybridized carbons (Fsp3) is 0.474. The lowest BCUT2D eigenvalue weighted by Gasteiger charge is -2.40. The number of likely N-dealkylation sites (tertiary alicyclic amines) is 1. The van der Waals surface area contributed by atoms with Crippen molar-refractivity contribution in [3.05, 3.63) is 40.7 Å². The molecular formula is C19H22ClN3O3. The summed E-state index contributed by atoms with van der Waals surface area (Å²) in [7, 11) is 1.77. The molecule has 138 valence electrons. The third-order valence-corrected chi connectivity index (χ3v) is 5.40. The zero-order valence-electron chi connectivity index (χ0n) is 15.0. The van der Waals surface area contributed by atoms with Gasteiger partial charge in [-0.05, 0) is 42.4 Å². The summed E-state index contributed by atoms with van der Waals surface area (Å²) in [6, 6.07) is 6.08. The number of ether oxygens (including phenoxy) is 2. The van der Waals surface area contributed by atoms with Gasteiger partial charge in [-0.15, -0.1) is 0 Å². The second-order valence-corrected chi connectivity index (χ2v) is 7.91. The first-order valence-corrected chi connectivity index (χ1v) is 9.18. The van der Waals surface area contributed by atoms with Crippen molar-refractivity contribution in [3.63, 3.8) is 0 Å². The Balaban J connectivity index is 1.50. The van der Waals surface area contributed by atoms with Gasteiger partial charge in [0.1, 0.15) is 0 Å². The molecule has 0 aliphatic carbocycles. The summed E-state index contributed by atoms with van der Waals surface area (Å²) in [5.41, 5.74) is 1.53.